The number of ether oxygens (including phenoxy) is 2. The van der Waals surface area contributed by atoms with Gasteiger partial charge < -0.3 is 19.9 Å². The van der Waals surface area contributed by atoms with Crippen molar-refractivity contribution in [3.8, 4) is 5.75 Å². The first-order chi connectivity index (χ1) is 9.95. The van der Waals surface area contributed by atoms with Crippen LogP contribution in [-0.2, 0) is 4.74 Å². The fraction of sp³-hybridized carbons (Fsp3) is 0.500. The van der Waals surface area contributed by atoms with E-state index in [1.54, 1.807) is 0 Å². The van der Waals surface area contributed by atoms with Crippen molar-refractivity contribution in [2.45, 2.75) is 18.4 Å². The molecule has 1 aromatic carbocycles. The zero-order valence-electron chi connectivity index (χ0n) is 11.6. The summed E-state index contributed by atoms with van der Waals surface area (Å²) in [5.41, 5.74) is -0.602. The van der Waals surface area contributed by atoms with Gasteiger partial charge in [-0.2, -0.15) is 0 Å². The SMILES string of the molecule is COc1c(Cl)cc(C(=O)NCC2(O)CCOCC2)cc1Cl. The van der Waals surface area contributed by atoms with E-state index in [1.165, 1.54) is 19.2 Å². The van der Waals surface area contributed by atoms with Crippen LogP contribution in [0.5, 0.6) is 5.75 Å². The van der Waals surface area contributed by atoms with Crippen molar-refractivity contribution in [3.63, 3.8) is 0 Å². The minimum atomic E-state index is -0.923. The summed E-state index contributed by atoms with van der Waals surface area (Å²) in [7, 11) is 1.45. The fourth-order valence-corrected chi connectivity index (χ4v) is 2.80. The molecule has 2 N–H and O–H groups in total. The molecule has 1 aromatic rings. The molecule has 1 aliphatic rings. The van der Waals surface area contributed by atoms with Gasteiger partial charge in [0, 0.05) is 38.2 Å². The zero-order chi connectivity index (χ0) is 15.5. The van der Waals surface area contributed by atoms with Gasteiger partial charge >= 0.3 is 0 Å². The van der Waals surface area contributed by atoms with Crippen LogP contribution in [0.1, 0.15) is 23.2 Å². The molecule has 1 fully saturated rings. The van der Waals surface area contributed by atoms with Gasteiger partial charge in [0.2, 0.25) is 0 Å². The van der Waals surface area contributed by atoms with Gasteiger partial charge in [-0.1, -0.05) is 23.2 Å². The first-order valence-electron chi connectivity index (χ1n) is 6.56. The molecule has 0 bridgehead atoms. The smallest absolute Gasteiger partial charge is 0.251 e. The predicted molar refractivity (Wildman–Crippen MR) is 80.4 cm³/mol. The van der Waals surface area contributed by atoms with Gasteiger partial charge in [-0.3, -0.25) is 4.79 Å². The van der Waals surface area contributed by atoms with Crippen LogP contribution in [0.25, 0.3) is 0 Å². The predicted octanol–water partition coefficient (Wildman–Crippen LogP) is 2.27. The topological polar surface area (TPSA) is 67.8 Å². The Bertz CT molecular complexity index is 507. The van der Waals surface area contributed by atoms with Crippen molar-refractivity contribution < 1.29 is 19.4 Å². The Morgan fingerprint density at radius 2 is 1.95 bits per heavy atom. The van der Waals surface area contributed by atoms with Crippen LogP contribution in [0, 0.1) is 0 Å². The zero-order valence-corrected chi connectivity index (χ0v) is 13.1. The molecule has 7 heteroatoms. The molecule has 0 aromatic heterocycles. The van der Waals surface area contributed by atoms with Crippen LogP contribution < -0.4 is 10.1 Å². The van der Waals surface area contributed by atoms with Crippen LogP contribution in [0.15, 0.2) is 12.1 Å². The number of methoxy groups -OCH3 is 1. The van der Waals surface area contributed by atoms with Crippen molar-refractivity contribution in [2.75, 3.05) is 26.9 Å². The molecule has 0 spiro atoms. The summed E-state index contributed by atoms with van der Waals surface area (Å²) in [5.74, 6) is -0.0145. The lowest BCUT2D eigenvalue weighted by molar-refractivity contribution is -0.0605. The van der Waals surface area contributed by atoms with Crippen molar-refractivity contribution in [3.05, 3.63) is 27.7 Å². The summed E-state index contributed by atoms with van der Waals surface area (Å²) in [4.78, 5) is 12.1. The Morgan fingerprint density at radius 1 is 1.38 bits per heavy atom. The van der Waals surface area contributed by atoms with E-state index in [-0.39, 0.29) is 22.5 Å². The largest absolute Gasteiger partial charge is 0.494 e. The maximum atomic E-state index is 12.1. The third kappa shape index (κ3) is 4.01. The number of nitrogens with one attached hydrogen (secondary N) is 1. The number of benzene rings is 1. The maximum absolute atomic E-state index is 12.1. The van der Waals surface area contributed by atoms with E-state index >= 15 is 0 Å². The summed E-state index contributed by atoms with van der Waals surface area (Å²) in [6.45, 7) is 1.15. The molecule has 1 heterocycles. The summed E-state index contributed by atoms with van der Waals surface area (Å²) in [6, 6.07) is 2.96. The minimum Gasteiger partial charge on any atom is -0.494 e. The van der Waals surface area contributed by atoms with Crippen LogP contribution in [0.4, 0.5) is 0 Å². The fourth-order valence-electron chi connectivity index (χ4n) is 2.16. The van der Waals surface area contributed by atoms with Crippen molar-refractivity contribution in [1.29, 1.82) is 0 Å². The van der Waals surface area contributed by atoms with Gasteiger partial charge in [-0.05, 0) is 12.1 Å². The Hall–Kier alpha value is -1.01. The molecule has 0 radical (unpaired) electrons. The molecular weight excluding hydrogens is 317 g/mol. The van der Waals surface area contributed by atoms with Crippen molar-refractivity contribution in [2.24, 2.45) is 0 Å². The average Bonchev–Trinajstić information content (AvgIpc) is 2.45. The van der Waals surface area contributed by atoms with Crippen LogP contribution in [0.2, 0.25) is 10.0 Å². The second-order valence-electron chi connectivity index (χ2n) is 4.99. The lowest BCUT2D eigenvalue weighted by atomic mass is 9.94. The monoisotopic (exact) mass is 333 g/mol. The minimum absolute atomic E-state index is 0.163. The standard InChI is InChI=1S/C14H17Cl2NO4/c1-20-12-10(15)6-9(7-11(12)16)13(18)17-8-14(19)2-4-21-5-3-14/h6-7,19H,2-5,8H2,1H3,(H,17,18). The number of carbonyl (C=O) groups is 1. The van der Waals surface area contributed by atoms with E-state index in [4.69, 9.17) is 32.7 Å². The Labute approximate surface area is 133 Å². The molecule has 5 nitrogen and oxygen atoms in total. The molecule has 0 unspecified atom stereocenters. The highest BCUT2D eigenvalue weighted by atomic mass is 35.5. The molecular formula is C14H17Cl2NO4. The lowest BCUT2D eigenvalue weighted by Gasteiger charge is -2.32. The van der Waals surface area contributed by atoms with E-state index in [0.29, 0.717) is 37.4 Å². The van der Waals surface area contributed by atoms with Gasteiger partial charge in [0.1, 0.15) is 0 Å². The van der Waals surface area contributed by atoms with Crippen molar-refractivity contribution >= 4 is 29.1 Å². The molecule has 1 amide bonds. The maximum Gasteiger partial charge on any atom is 0.251 e. The number of aliphatic hydroxyl groups is 1. The van der Waals surface area contributed by atoms with Gasteiger partial charge in [-0.15, -0.1) is 0 Å². The van der Waals surface area contributed by atoms with E-state index in [0.717, 1.165) is 0 Å². The van der Waals surface area contributed by atoms with Gasteiger partial charge in [-0.25, -0.2) is 0 Å². The van der Waals surface area contributed by atoms with E-state index in [9.17, 15) is 9.90 Å². The van der Waals surface area contributed by atoms with E-state index in [1.807, 2.05) is 0 Å². The summed E-state index contributed by atoms with van der Waals surface area (Å²) in [5, 5.41) is 13.5. The second kappa shape index (κ2) is 6.83. The molecule has 0 atom stereocenters. The van der Waals surface area contributed by atoms with Crippen LogP contribution >= 0.6 is 23.2 Å². The molecule has 0 aliphatic carbocycles. The van der Waals surface area contributed by atoms with Crippen LogP contribution in [-0.4, -0.2) is 43.5 Å². The van der Waals surface area contributed by atoms with Gasteiger partial charge in [0.25, 0.3) is 5.91 Å². The quantitative estimate of drug-likeness (QED) is 0.886. The highest BCUT2D eigenvalue weighted by Crippen LogP contribution is 2.33. The second-order valence-corrected chi connectivity index (χ2v) is 5.81. The molecule has 21 heavy (non-hydrogen) atoms. The molecule has 1 aliphatic heterocycles. The Balaban J connectivity index is 2.03. The van der Waals surface area contributed by atoms with Gasteiger partial charge in [0.15, 0.2) is 5.75 Å². The van der Waals surface area contributed by atoms with E-state index < -0.39 is 5.60 Å². The summed E-state index contributed by atoms with van der Waals surface area (Å²) < 4.78 is 10.2. The number of rotatable bonds is 4. The van der Waals surface area contributed by atoms with Crippen molar-refractivity contribution in [1.82, 2.24) is 5.32 Å². The lowest BCUT2D eigenvalue weighted by Crippen LogP contribution is -2.46. The molecule has 0 saturated carbocycles. The van der Waals surface area contributed by atoms with Gasteiger partial charge in [0.05, 0.1) is 22.8 Å². The molecule has 116 valence electrons. The number of carbonyl (C=O) groups excluding carboxylic acids is 1. The first-order valence-corrected chi connectivity index (χ1v) is 7.32. The normalized spacial score (nSPS) is 17.3. The number of amides is 1. The third-order valence-corrected chi connectivity index (χ3v) is 4.03. The number of halogens is 2. The van der Waals surface area contributed by atoms with E-state index in [2.05, 4.69) is 5.32 Å². The Kier molecular flexibility index (Phi) is 5.32. The number of hydrogen-bond donors (Lipinski definition) is 2. The molecule has 2 rings (SSSR count). The highest BCUT2D eigenvalue weighted by Gasteiger charge is 2.30. The Morgan fingerprint density at radius 3 is 2.48 bits per heavy atom. The third-order valence-electron chi connectivity index (χ3n) is 3.47. The summed E-state index contributed by atoms with van der Waals surface area (Å²) in [6.07, 6.45) is 0.995. The van der Waals surface area contributed by atoms with Crippen LogP contribution in [0.3, 0.4) is 0 Å². The summed E-state index contributed by atoms with van der Waals surface area (Å²) >= 11 is 12.0. The number of hydrogen-bond acceptors (Lipinski definition) is 4. The highest BCUT2D eigenvalue weighted by molar-refractivity contribution is 6.37. The first kappa shape index (κ1) is 16.4. The average molecular weight is 334 g/mol. The molecule has 1 saturated heterocycles.